The molecule has 0 bridgehead atoms. The van der Waals surface area contributed by atoms with Gasteiger partial charge >= 0.3 is 0 Å². The van der Waals surface area contributed by atoms with E-state index < -0.39 is 0 Å². The fraction of sp³-hybridized carbons (Fsp3) is 0.250. The Balaban J connectivity index is 1.83. The van der Waals surface area contributed by atoms with Crippen molar-refractivity contribution >= 4 is 23.0 Å². The van der Waals surface area contributed by atoms with E-state index in [1.54, 1.807) is 24.1 Å². The molecule has 0 aliphatic heterocycles. The summed E-state index contributed by atoms with van der Waals surface area (Å²) in [4.78, 5) is 27.0. The molecule has 0 N–H and O–H groups in total. The number of amides is 1. The number of Topliss-reactive ketones (excluding diaryl/α,β-unsaturated/α-hetero) is 1. The molecular formula is C20H21N3O2S. The van der Waals surface area contributed by atoms with Gasteiger partial charge in [-0.3, -0.25) is 9.59 Å². The highest BCUT2D eigenvalue weighted by molar-refractivity contribution is 7.15. The maximum atomic E-state index is 12.7. The van der Waals surface area contributed by atoms with Crippen LogP contribution in [0.1, 0.15) is 43.2 Å². The predicted molar refractivity (Wildman–Crippen MR) is 103 cm³/mol. The van der Waals surface area contributed by atoms with E-state index >= 15 is 0 Å². The average molecular weight is 367 g/mol. The van der Waals surface area contributed by atoms with Crippen molar-refractivity contribution in [2.75, 3.05) is 7.05 Å². The first kappa shape index (κ1) is 18.1. The zero-order chi connectivity index (χ0) is 18.8. The Kier molecular flexibility index (Phi) is 5.04. The van der Waals surface area contributed by atoms with Crippen molar-refractivity contribution in [2.45, 2.75) is 27.3 Å². The minimum Gasteiger partial charge on any atom is -0.337 e. The molecule has 0 saturated heterocycles. The molecule has 5 nitrogen and oxygen atoms in total. The lowest BCUT2D eigenvalue weighted by molar-refractivity contribution is 0.0789. The number of nitrogens with zero attached hydrogens (tertiary/aromatic N) is 3. The molecule has 0 radical (unpaired) electrons. The minimum absolute atomic E-state index is 0.0208. The summed E-state index contributed by atoms with van der Waals surface area (Å²) in [7, 11) is 1.77. The Morgan fingerprint density at radius 3 is 2.35 bits per heavy atom. The molecule has 0 fully saturated rings. The zero-order valence-corrected chi connectivity index (χ0v) is 16.1. The number of para-hydroxylation sites is 1. The summed E-state index contributed by atoms with van der Waals surface area (Å²) in [6, 6.07) is 13.4. The van der Waals surface area contributed by atoms with Crippen LogP contribution in [0.5, 0.6) is 0 Å². The van der Waals surface area contributed by atoms with Crippen LogP contribution in [-0.4, -0.2) is 33.4 Å². The van der Waals surface area contributed by atoms with Crippen LogP contribution in [0.25, 0.3) is 5.69 Å². The van der Waals surface area contributed by atoms with Crippen LogP contribution in [0.2, 0.25) is 0 Å². The van der Waals surface area contributed by atoms with E-state index in [1.807, 2.05) is 48.9 Å². The van der Waals surface area contributed by atoms with Gasteiger partial charge in [-0.25, -0.2) is 4.68 Å². The van der Waals surface area contributed by atoms with Gasteiger partial charge in [-0.05, 0) is 45.0 Å². The number of benzene rings is 1. The Hall–Kier alpha value is -2.73. The second-order valence-corrected chi connectivity index (χ2v) is 7.36. The van der Waals surface area contributed by atoms with Crippen LogP contribution in [0.3, 0.4) is 0 Å². The molecule has 3 rings (SSSR count). The van der Waals surface area contributed by atoms with Gasteiger partial charge in [-0.2, -0.15) is 5.10 Å². The molecule has 1 amide bonds. The summed E-state index contributed by atoms with van der Waals surface area (Å²) >= 11 is 1.24. The lowest BCUT2D eigenvalue weighted by atomic mass is 10.2. The number of thiophene rings is 1. The molecule has 0 unspecified atom stereocenters. The summed E-state index contributed by atoms with van der Waals surface area (Å²) in [6.45, 7) is 5.95. The fourth-order valence-corrected chi connectivity index (χ4v) is 3.76. The van der Waals surface area contributed by atoms with Gasteiger partial charge in [-0.1, -0.05) is 18.2 Å². The predicted octanol–water partition coefficient (Wildman–Crippen LogP) is 4.03. The molecule has 26 heavy (non-hydrogen) atoms. The molecule has 0 atom stereocenters. The summed E-state index contributed by atoms with van der Waals surface area (Å²) in [5, 5.41) is 4.63. The van der Waals surface area contributed by atoms with Gasteiger partial charge in [0.25, 0.3) is 5.91 Å². The van der Waals surface area contributed by atoms with Crippen LogP contribution in [0.4, 0.5) is 0 Å². The highest BCUT2D eigenvalue weighted by Crippen LogP contribution is 2.22. The van der Waals surface area contributed by atoms with Crippen molar-refractivity contribution in [3.8, 4) is 5.69 Å². The maximum Gasteiger partial charge on any atom is 0.263 e. The number of carbonyl (C=O) groups excluding carboxylic acids is 2. The number of hydrogen-bond acceptors (Lipinski definition) is 4. The van der Waals surface area contributed by atoms with Crippen molar-refractivity contribution in [2.24, 2.45) is 0 Å². The Labute approximate surface area is 156 Å². The summed E-state index contributed by atoms with van der Waals surface area (Å²) in [6.07, 6.45) is 0. The molecule has 0 saturated carbocycles. The number of aryl methyl sites for hydroxylation is 1. The fourth-order valence-electron chi connectivity index (χ4n) is 2.86. The minimum atomic E-state index is -0.0891. The molecule has 6 heteroatoms. The van der Waals surface area contributed by atoms with Gasteiger partial charge in [0.1, 0.15) is 0 Å². The van der Waals surface area contributed by atoms with Crippen LogP contribution >= 0.6 is 11.3 Å². The van der Waals surface area contributed by atoms with E-state index in [0.717, 1.165) is 22.6 Å². The quantitative estimate of drug-likeness (QED) is 0.640. The smallest absolute Gasteiger partial charge is 0.263 e. The standard InChI is InChI=1S/C20H21N3O2S/c1-13-17(14(2)23(21-13)16-8-6-5-7-9-16)12-22(4)20(25)19-11-10-18(26-19)15(3)24/h5-11H,12H2,1-4H3. The van der Waals surface area contributed by atoms with E-state index in [-0.39, 0.29) is 11.7 Å². The van der Waals surface area contributed by atoms with Crippen LogP contribution < -0.4 is 0 Å². The molecule has 0 aliphatic rings. The Morgan fingerprint density at radius 1 is 1.08 bits per heavy atom. The van der Waals surface area contributed by atoms with Gasteiger partial charge in [0.2, 0.25) is 0 Å². The third-order valence-corrected chi connectivity index (χ3v) is 5.52. The van der Waals surface area contributed by atoms with Gasteiger partial charge in [0.15, 0.2) is 5.78 Å². The SMILES string of the molecule is CC(=O)c1ccc(C(=O)N(C)Cc2c(C)nn(-c3ccccc3)c2C)s1. The Morgan fingerprint density at radius 2 is 1.73 bits per heavy atom. The first-order chi connectivity index (χ1) is 12.4. The van der Waals surface area contributed by atoms with Crippen molar-refractivity contribution in [3.05, 3.63) is 69.2 Å². The van der Waals surface area contributed by atoms with Crippen LogP contribution in [0.15, 0.2) is 42.5 Å². The van der Waals surface area contributed by atoms with E-state index in [0.29, 0.717) is 16.3 Å². The molecule has 0 spiro atoms. The molecular weight excluding hydrogens is 346 g/mol. The van der Waals surface area contributed by atoms with Gasteiger partial charge in [-0.15, -0.1) is 11.3 Å². The maximum absolute atomic E-state index is 12.7. The number of ketones is 1. The first-order valence-corrected chi connectivity index (χ1v) is 9.17. The normalized spacial score (nSPS) is 10.8. The second-order valence-electron chi connectivity index (χ2n) is 6.28. The third-order valence-electron chi connectivity index (χ3n) is 4.35. The first-order valence-electron chi connectivity index (χ1n) is 8.35. The number of aromatic nitrogens is 2. The lowest BCUT2D eigenvalue weighted by Crippen LogP contribution is -2.26. The van der Waals surface area contributed by atoms with Crippen LogP contribution in [0, 0.1) is 13.8 Å². The monoisotopic (exact) mass is 367 g/mol. The van der Waals surface area contributed by atoms with Crippen molar-refractivity contribution in [3.63, 3.8) is 0 Å². The van der Waals surface area contributed by atoms with E-state index in [9.17, 15) is 9.59 Å². The largest absolute Gasteiger partial charge is 0.337 e. The number of carbonyl (C=O) groups is 2. The summed E-state index contributed by atoms with van der Waals surface area (Å²) < 4.78 is 1.90. The highest BCUT2D eigenvalue weighted by Gasteiger charge is 2.20. The molecule has 1 aromatic carbocycles. The molecule has 3 aromatic rings. The van der Waals surface area contributed by atoms with E-state index in [2.05, 4.69) is 5.10 Å². The second kappa shape index (κ2) is 7.25. The molecule has 0 aliphatic carbocycles. The highest BCUT2D eigenvalue weighted by atomic mass is 32.1. The van der Waals surface area contributed by atoms with Gasteiger partial charge < -0.3 is 4.90 Å². The zero-order valence-electron chi connectivity index (χ0n) is 15.3. The lowest BCUT2D eigenvalue weighted by Gasteiger charge is -2.16. The van der Waals surface area contributed by atoms with E-state index in [1.165, 1.54) is 18.3 Å². The van der Waals surface area contributed by atoms with E-state index in [4.69, 9.17) is 0 Å². The molecule has 134 valence electrons. The van der Waals surface area contributed by atoms with Gasteiger partial charge in [0.05, 0.1) is 21.1 Å². The summed E-state index contributed by atoms with van der Waals surface area (Å²) in [5.41, 5.74) is 3.95. The molecule has 2 aromatic heterocycles. The van der Waals surface area contributed by atoms with Crippen molar-refractivity contribution in [1.29, 1.82) is 0 Å². The number of hydrogen-bond donors (Lipinski definition) is 0. The topological polar surface area (TPSA) is 55.2 Å². The summed E-state index contributed by atoms with van der Waals surface area (Å²) in [5.74, 6) is -0.110. The van der Waals surface area contributed by atoms with Gasteiger partial charge in [0, 0.05) is 24.8 Å². The van der Waals surface area contributed by atoms with Crippen molar-refractivity contribution < 1.29 is 9.59 Å². The molecule has 2 heterocycles. The van der Waals surface area contributed by atoms with Crippen molar-refractivity contribution in [1.82, 2.24) is 14.7 Å². The number of rotatable bonds is 5. The Bertz CT molecular complexity index is 957. The third kappa shape index (κ3) is 3.46. The average Bonchev–Trinajstić information content (AvgIpc) is 3.22. The van der Waals surface area contributed by atoms with Crippen LogP contribution in [-0.2, 0) is 6.54 Å².